The number of hydrogen-bond acceptors (Lipinski definition) is 6. The molecular weight excluding hydrogens is 430 g/mol. The molecule has 1 spiro atoms. The maximum absolute atomic E-state index is 13.1. The van der Waals surface area contributed by atoms with E-state index in [1.54, 1.807) is 6.20 Å². The van der Waals surface area contributed by atoms with Crippen molar-refractivity contribution in [1.29, 1.82) is 0 Å². The van der Waals surface area contributed by atoms with E-state index < -0.39 is 11.6 Å². The van der Waals surface area contributed by atoms with Crippen LogP contribution in [0.5, 0.6) is 11.6 Å². The molecule has 180 valence electrons. The van der Waals surface area contributed by atoms with Gasteiger partial charge in [-0.2, -0.15) is 0 Å². The van der Waals surface area contributed by atoms with Gasteiger partial charge in [0.05, 0.1) is 0 Å². The van der Waals surface area contributed by atoms with Crippen molar-refractivity contribution in [2.24, 2.45) is 5.92 Å². The number of likely N-dealkylation sites (tertiary alicyclic amines) is 1. The van der Waals surface area contributed by atoms with E-state index in [0.29, 0.717) is 37.0 Å². The second-order valence-corrected chi connectivity index (χ2v) is 9.77. The van der Waals surface area contributed by atoms with Crippen molar-refractivity contribution < 1.29 is 19.1 Å². The summed E-state index contributed by atoms with van der Waals surface area (Å²) in [7, 11) is 1.92. The van der Waals surface area contributed by atoms with Gasteiger partial charge in [-0.25, -0.2) is 9.78 Å². The zero-order chi connectivity index (χ0) is 23.5. The largest absolute Gasteiger partial charge is 0.450 e. The molecule has 5 rings (SSSR count). The van der Waals surface area contributed by atoms with Crippen LogP contribution >= 0.6 is 0 Å². The molecule has 1 aliphatic carbocycles. The van der Waals surface area contributed by atoms with E-state index in [1.165, 1.54) is 19.3 Å². The third-order valence-electron chi connectivity index (χ3n) is 7.58. The van der Waals surface area contributed by atoms with E-state index >= 15 is 0 Å². The first-order valence-corrected chi connectivity index (χ1v) is 12.5. The summed E-state index contributed by atoms with van der Waals surface area (Å²) in [6, 6.07) is 11.2. The topological polar surface area (TPSA) is 72.0 Å². The van der Waals surface area contributed by atoms with Gasteiger partial charge in [0.1, 0.15) is 16.9 Å². The fourth-order valence-electron chi connectivity index (χ4n) is 5.58. The maximum Gasteiger partial charge on any atom is 0.345 e. The molecule has 2 aromatic rings. The van der Waals surface area contributed by atoms with Crippen LogP contribution in [0.1, 0.15) is 60.9 Å². The number of hydrogen-bond donors (Lipinski definition) is 0. The molecule has 0 N–H and O–H groups in total. The van der Waals surface area contributed by atoms with Crippen LogP contribution in [0.3, 0.4) is 0 Å². The Labute approximate surface area is 201 Å². The minimum Gasteiger partial charge on any atom is -0.450 e. The molecule has 2 fully saturated rings. The average molecular weight is 464 g/mol. The van der Waals surface area contributed by atoms with Gasteiger partial charge in [-0.3, -0.25) is 4.79 Å². The predicted molar refractivity (Wildman–Crippen MR) is 128 cm³/mol. The number of pyridine rings is 1. The van der Waals surface area contributed by atoms with Crippen molar-refractivity contribution in [3.63, 3.8) is 0 Å². The lowest BCUT2D eigenvalue weighted by Gasteiger charge is -2.37. The molecule has 2 aliphatic heterocycles. The Morgan fingerprint density at radius 1 is 1.15 bits per heavy atom. The molecule has 0 atom stereocenters. The third-order valence-corrected chi connectivity index (χ3v) is 7.58. The Balaban J connectivity index is 1.23. The van der Waals surface area contributed by atoms with Gasteiger partial charge in [0.15, 0.2) is 0 Å². The number of fused-ring (bicyclic) bond motifs is 2. The molecule has 0 radical (unpaired) electrons. The van der Waals surface area contributed by atoms with Gasteiger partial charge in [0.25, 0.3) is 0 Å². The number of nitrogens with zero attached hydrogens (tertiary/aromatic N) is 3. The van der Waals surface area contributed by atoms with Gasteiger partial charge >= 0.3 is 5.97 Å². The lowest BCUT2D eigenvalue weighted by Crippen LogP contribution is -2.43. The fourth-order valence-corrected chi connectivity index (χ4v) is 5.58. The quantitative estimate of drug-likeness (QED) is 0.593. The smallest absolute Gasteiger partial charge is 0.345 e. The summed E-state index contributed by atoms with van der Waals surface area (Å²) >= 11 is 0. The van der Waals surface area contributed by atoms with Crippen molar-refractivity contribution in [2.45, 2.75) is 50.5 Å². The number of piperidine rings is 1. The van der Waals surface area contributed by atoms with Crippen LogP contribution in [0, 0.1) is 5.92 Å². The zero-order valence-corrected chi connectivity index (χ0v) is 19.9. The zero-order valence-electron chi connectivity index (χ0n) is 19.9. The Hall–Kier alpha value is -2.93. The van der Waals surface area contributed by atoms with E-state index in [9.17, 15) is 9.59 Å². The summed E-state index contributed by atoms with van der Waals surface area (Å²) in [5.74, 6) is 0.693. The van der Waals surface area contributed by atoms with E-state index in [4.69, 9.17) is 9.47 Å². The van der Waals surface area contributed by atoms with Crippen LogP contribution in [0.15, 0.2) is 42.6 Å². The predicted octanol–water partition coefficient (Wildman–Crippen LogP) is 4.37. The molecule has 3 heterocycles. The van der Waals surface area contributed by atoms with E-state index in [-0.39, 0.29) is 17.7 Å². The van der Waals surface area contributed by atoms with Gasteiger partial charge < -0.3 is 19.3 Å². The van der Waals surface area contributed by atoms with Crippen LogP contribution < -0.4 is 4.74 Å². The van der Waals surface area contributed by atoms with Crippen molar-refractivity contribution in [3.8, 4) is 11.6 Å². The van der Waals surface area contributed by atoms with Crippen LogP contribution in [0.2, 0.25) is 0 Å². The Bertz CT molecular complexity index is 1030. The van der Waals surface area contributed by atoms with Gasteiger partial charge in [0, 0.05) is 37.8 Å². The van der Waals surface area contributed by atoms with Crippen LogP contribution in [0.25, 0.3) is 0 Å². The summed E-state index contributed by atoms with van der Waals surface area (Å²) in [5.41, 5.74) is 0.561. The summed E-state index contributed by atoms with van der Waals surface area (Å²) in [4.78, 5) is 34.7. The monoisotopic (exact) mass is 463 g/mol. The summed E-state index contributed by atoms with van der Waals surface area (Å²) in [6.07, 6.45) is 8.19. The third kappa shape index (κ3) is 4.53. The first-order chi connectivity index (χ1) is 16.6. The van der Waals surface area contributed by atoms with Crippen molar-refractivity contribution in [3.05, 3.63) is 53.7 Å². The minimum atomic E-state index is -0.687. The minimum absolute atomic E-state index is 0.0263. The number of esters is 1. The number of carbonyl (C=O) groups is 2. The molecule has 34 heavy (non-hydrogen) atoms. The molecule has 0 unspecified atom stereocenters. The standard InChI is InChI=1S/C27H33N3O4/c1-29(18-19-30-16-6-3-7-17-30)25(31)20-10-13-27(14-11-20)22-12-15-28-24(23(22)26(32)34-27)33-21-8-4-2-5-9-21/h2,4-5,8-9,12,15,20H,3,6-7,10-11,13-14,16-19H2,1H3/t20-,27-. The second kappa shape index (κ2) is 9.74. The number of likely N-dealkylation sites (N-methyl/N-ethyl adjacent to an activating group) is 1. The number of carbonyl (C=O) groups excluding carboxylic acids is 2. The molecule has 3 aliphatic rings. The van der Waals surface area contributed by atoms with E-state index in [0.717, 1.165) is 31.7 Å². The normalized spacial score (nSPS) is 24.5. The highest BCUT2D eigenvalue weighted by atomic mass is 16.6. The Kier molecular flexibility index (Phi) is 6.55. The maximum atomic E-state index is 13.1. The molecule has 1 amide bonds. The van der Waals surface area contributed by atoms with Crippen LogP contribution in [-0.2, 0) is 15.1 Å². The van der Waals surface area contributed by atoms with Crippen molar-refractivity contribution in [2.75, 3.05) is 33.2 Å². The highest BCUT2D eigenvalue weighted by molar-refractivity contribution is 5.97. The fraction of sp³-hybridized carbons (Fsp3) is 0.519. The number of aromatic nitrogens is 1. The molecule has 7 heteroatoms. The van der Waals surface area contributed by atoms with Crippen LogP contribution in [0.4, 0.5) is 0 Å². The van der Waals surface area contributed by atoms with Gasteiger partial charge in [-0.1, -0.05) is 24.6 Å². The second-order valence-electron chi connectivity index (χ2n) is 9.77. The molecule has 7 nitrogen and oxygen atoms in total. The molecule has 1 saturated carbocycles. The van der Waals surface area contributed by atoms with E-state index in [2.05, 4.69) is 9.88 Å². The van der Waals surface area contributed by atoms with Gasteiger partial charge in [-0.05, 0) is 69.8 Å². The van der Waals surface area contributed by atoms with Gasteiger partial charge in [-0.15, -0.1) is 0 Å². The van der Waals surface area contributed by atoms with Gasteiger partial charge in [0.2, 0.25) is 11.8 Å². The molecule has 1 saturated heterocycles. The highest BCUT2D eigenvalue weighted by Gasteiger charge is 2.50. The number of ether oxygens (including phenoxy) is 2. The van der Waals surface area contributed by atoms with Crippen LogP contribution in [-0.4, -0.2) is 59.9 Å². The number of amides is 1. The molecular formula is C27H33N3O4. The van der Waals surface area contributed by atoms with Crippen molar-refractivity contribution in [1.82, 2.24) is 14.8 Å². The lowest BCUT2D eigenvalue weighted by molar-refractivity contribution is -0.137. The summed E-state index contributed by atoms with van der Waals surface area (Å²) in [6.45, 7) is 4.00. The van der Waals surface area contributed by atoms with E-state index in [1.807, 2.05) is 48.3 Å². The SMILES string of the molecule is CN(CCN1CCCCC1)C(=O)[C@H]1CC[C@@]2(CC1)OC(=O)c1c(Oc3ccccc3)nccc12. The summed E-state index contributed by atoms with van der Waals surface area (Å²) in [5, 5.41) is 0. The molecule has 0 bridgehead atoms. The lowest BCUT2D eigenvalue weighted by atomic mass is 9.75. The molecule has 1 aromatic heterocycles. The number of para-hydroxylation sites is 1. The average Bonchev–Trinajstić information content (AvgIpc) is 3.15. The Morgan fingerprint density at radius 2 is 1.88 bits per heavy atom. The highest BCUT2D eigenvalue weighted by Crippen LogP contribution is 2.50. The first-order valence-electron chi connectivity index (χ1n) is 12.5. The summed E-state index contributed by atoms with van der Waals surface area (Å²) < 4.78 is 11.9. The first kappa shape index (κ1) is 22.8. The van der Waals surface area contributed by atoms with Crippen molar-refractivity contribution >= 4 is 11.9 Å². The number of rotatable bonds is 6. The molecule has 1 aromatic carbocycles. The number of benzene rings is 1. The Morgan fingerprint density at radius 3 is 2.62 bits per heavy atom.